The van der Waals surface area contributed by atoms with Crippen LogP contribution in [-0.2, 0) is 11.3 Å². The van der Waals surface area contributed by atoms with Crippen LogP contribution >= 0.6 is 11.3 Å². The minimum atomic E-state index is -0.387. The van der Waals surface area contributed by atoms with Gasteiger partial charge in [0, 0.05) is 17.0 Å². The van der Waals surface area contributed by atoms with E-state index >= 15 is 0 Å². The first kappa shape index (κ1) is 13.3. The van der Waals surface area contributed by atoms with Crippen LogP contribution in [0, 0.1) is 0 Å². The summed E-state index contributed by atoms with van der Waals surface area (Å²) < 4.78 is 10.9. The number of thiophene rings is 1. The van der Waals surface area contributed by atoms with E-state index in [0.29, 0.717) is 10.8 Å². The third-order valence-corrected chi connectivity index (χ3v) is 3.46. The summed E-state index contributed by atoms with van der Waals surface area (Å²) in [6.07, 6.45) is 0. The maximum Gasteiger partial charge on any atom is 0.348 e. The van der Waals surface area contributed by atoms with Crippen LogP contribution in [0.15, 0.2) is 29.1 Å². The van der Waals surface area contributed by atoms with Gasteiger partial charge in [0.2, 0.25) is 5.88 Å². The smallest absolute Gasteiger partial charge is 0.348 e. The third-order valence-electron chi connectivity index (χ3n) is 2.41. The highest BCUT2D eigenvalue weighted by atomic mass is 32.1. The summed E-state index contributed by atoms with van der Waals surface area (Å²) in [6, 6.07) is 6.33. The largest absolute Gasteiger partial charge is 0.480 e. The molecule has 0 aliphatic carbocycles. The summed E-state index contributed by atoms with van der Waals surface area (Å²) in [7, 11) is 2.81. The van der Waals surface area contributed by atoms with Gasteiger partial charge in [-0.15, -0.1) is 16.4 Å². The summed E-state index contributed by atoms with van der Waals surface area (Å²) in [6.45, 7) is 0.289. The van der Waals surface area contributed by atoms with Crippen molar-refractivity contribution in [2.75, 3.05) is 14.2 Å². The first-order valence-corrected chi connectivity index (χ1v) is 6.25. The summed E-state index contributed by atoms with van der Waals surface area (Å²) >= 11 is 1.27. The van der Waals surface area contributed by atoms with Gasteiger partial charge in [-0.25, -0.2) is 9.48 Å². The van der Waals surface area contributed by atoms with Gasteiger partial charge in [-0.1, -0.05) is 0 Å². The number of rotatable bonds is 4. The van der Waals surface area contributed by atoms with E-state index in [4.69, 9.17) is 4.74 Å². The Bertz CT molecular complexity index is 647. The Labute approximate surface area is 113 Å². The minimum Gasteiger partial charge on any atom is -0.480 e. The second-order valence-electron chi connectivity index (χ2n) is 3.63. The lowest BCUT2D eigenvalue weighted by molar-refractivity contribution is 0.0606. The lowest BCUT2D eigenvalue weighted by Gasteiger charge is -2.04. The van der Waals surface area contributed by atoms with E-state index < -0.39 is 0 Å². The number of ether oxygens (including phenoxy) is 2. The topological polar surface area (TPSA) is 70.4 Å². The molecule has 19 heavy (non-hydrogen) atoms. The first-order valence-electron chi connectivity index (χ1n) is 5.43. The Balaban J connectivity index is 2.23. The molecule has 0 spiro atoms. The number of carbonyl (C=O) groups excluding carboxylic acids is 1. The molecule has 2 rings (SSSR count). The molecule has 0 radical (unpaired) electrons. The zero-order chi connectivity index (χ0) is 13.8. The van der Waals surface area contributed by atoms with Crippen molar-refractivity contribution in [1.82, 2.24) is 9.78 Å². The van der Waals surface area contributed by atoms with Gasteiger partial charge in [-0.05, 0) is 12.1 Å². The molecule has 0 bridgehead atoms. The minimum absolute atomic E-state index is 0.228. The number of hydrogen-bond donors (Lipinski definition) is 0. The highest BCUT2D eigenvalue weighted by Crippen LogP contribution is 2.18. The predicted octanol–water partition coefficient (Wildman–Crippen LogP) is 1.15. The molecule has 0 saturated carbocycles. The van der Waals surface area contributed by atoms with Crippen LogP contribution in [0.25, 0.3) is 0 Å². The van der Waals surface area contributed by atoms with E-state index in [-0.39, 0.29) is 18.1 Å². The number of carbonyl (C=O) groups is 1. The average Bonchev–Trinajstić information content (AvgIpc) is 2.89. The lowest BCUT2D eigenvalue weighted by Crippen LogP contribution is -2.22. The molecule has 0 fully saturated rings. The standard InChI is InChI=1S/C12H12N2O4S/c1-17-10-5-6-11(15)14(13-10)7-8-3-4-9(19-8)12(16)18-2/h3-6H,7H2,1-2H3. The SMILES string of the molecule is COC(=O)c1ccc(Cn2nc(OC)ccc2=O)s1. The van der Waals surface area contributed by atoms with Crippen molar-refractivity contribution in [2.45, 2.75) is 6.54 Å². The Morgan fingerprint density at radius 2 is 2.11 bits per heavy atom. The van der Waals surface area contributed by atoms with Gasteiger partial charge in [-0.2, -0.15) is 0 Å². The van der Waals surface area contributed by atoms with E-state index in [9.17, 15) is 9.59 Å². The van der Waals surface area contributed by atoms with Gasteiger partial charge in [0.15, 0.2) is 0 Å². The Morgan fingerprint density at radius 3 is 2.79 bits per heavy atom. The van der Waals surface area contributed by atoms with E-state index in [2.05, 4.69) is 9.84 Å². The van der Waals surface area contributed by atoms with Crippen molar-refractivity contribution in [3.63, 3.8) is 0 Å². The zero-order valence-corrected chi connectivity index (χ0v) is 11.3. The third kappa shape index (κ3) is 3.00. The van der Waals surface area contributed by atoms with Crippen LogP contribution in [0.1, 0.15) is 14.5 Å². The predicted molar refractivity (Wildman–Crippen MR) is 69.8 cm³/mol. The van der Waals surface area contributed by atoms with E-state index in [1.807, 2.05) is 0 Å². The monoisotopic (exact) mass is 280 g/mol. The van der Waals surface area contributed by atoms with Gasteiger partial charge in [0.05, 0.1) is 20.8 Å². The second-order valence-corrected chi connectivity index (χ2v) is 4.80. The van der Waals surface area contributed by atoms with Crippen LogP contribution in [0.3, 0.4) is 0 Å². The Morgan fingerprint density at radius 1 is 1.32 bits per heavy atom. The quantitative estimate of drug-likeness (QED) is 0.786. The van der Waals surface area contributed by atoms with Crippen molar-refractivity contribution in [3.8, 4) is 5.88 Å². The van der Waals surface area contributed by atoms with Crippen LogP contribution in [0.5, 0.6) is 5.88 Å². The molecular formula is C12H12N2O4S. The summed E-state index contributed by atoms with van der Waals surface area (Å²) in [5.74, 6) is -0.0217. The molecule has 0 unspecified atom stereocenters. The summed E-state index contributed by atoms with van der Waals surface area (Å²) in [5, 5.41) is 4.03. The van der Waals surface area contributed by atoms with Gasteiger partial charge < -0.3 is 9.47 Å². The van der Waals surface area contributed by atoms with Crippen molar-refractivity contribution in [1.29, 1.82) is 0 Å². The maximum absolute atomic E-state index is 11.6. The molecule has 2 aromatic rings. The number of methoxy groups -OCH3 is 2. The fourth-order valence-corrected chi connectivity index (χ4v) is 2.38. The molecule has 0 atom stereocenters. The number of aromatic nitrogens is 2. The number of nitrogens with zero attached hydrogens (tertiary/aromatic N) is 2. The molecule has 6 nitrogen and oxygen atoms in total. The van der Waals surface area contributed by atoms with Crippen LogP contribution in [-0.4, -0.2) is 30.0 Å². The molecule has 2 aromatic heterocycles. The Kier molecular flexibility index (Phi) is 3.96. The lowest BCUT2D eigenvalue weighted by atomic mass is 10.4. The molecule has 0 N–H and O–H groups in total. The molecule has 0 aliphatic heterocycles. The van der Waals surface area contributed by atoms with Crippen molar-refractivity contribution in [3.05, 3.63) is 44.4 Å². The van der Waals surface area contributed by atoms with E-state index in [0.717, 1.165) is 4.88 Å². The highest BCUT2D eigenvalue weighted by Gasteiger charge is 2.10. The van der Waals surface area contributed by atoms with Gasteiger partial charge in [-0.3, -0.25) is 4.79 Å². The van der Waals surface area contributed by atoms with Crippen LogP contribution < -0.4 is 10.3 Å². The fourth-order valence-electron chi connectivity index (χ4n) is 1.47. The van der Waals surface area contributed by atoms with E-state index in [1.165, 1.54) is 42.4 Å². The molecule has 7 heteroatoms. The molecule has 0 saturated heterocycles. The number of esters is 1. The highest BCUT2D eigenvalue weighted by molar-refractivity contribution is 7.13. The second kappa shape index (κ2) is 5.66. The normalized spacial score (nSPS) is 10.2. The first-order chi connectivity index (χ1) is 9.13. The van der Waals surface area contributed by atoms with Crippen LogP contribution in [0.4, 0.5) is 0 Å². The van der Waals surface area contributed by atoms with E-state index in [1.54, 1.807) is 12.1 Å². The number of hydrogen-bond acceptors (Lipinski definition) is 6. The van der Waals surface area contributed by atoms with Gasteiger partial charge in [0.1, 0.15) is 4.88 Å². The summed E-state index contributed by atoms with van der Waals surface area (Å²) in [5.41, 5.74) is -0.228. The Hall–Kier alpha value is -2.15. The van der Waals surface area contributed by atoms with Gasteiger partial charge >= 0.3 is 5.97 Å². The molecule has 2 heterocycles. The van der Waals surface area contributed by atoms with Crippen molar-refractivity contribution < 1.29 is 14.3 Å². The summed E-state index contributed by atoms with van der Waals surface area (Å²) in [4.78, 5) is 24.3. The molecule has 100 valence electrons. The molecule has 0 amide bonds. The van der Waals surface area contributed by atoms with Crippen LogP contribution in [0.2, 0.25) is 0 Å². The maximum atomic E-state index is 11.6. The molecule has 0 aromatic carbocycles. The van der Waals surface area contributed by atoms with Crippen molar-refractivity contribution >= 4 is 17.3 Å². The molecular weight excluding hydrogens is 268 g/mol. The fraction of sp³-hybridized carbons (Fsp3) is 0.250. The van der Waals surface area contributed by atoms with Gasteiger partial charge in [0.25, 0.3) is 5.56 Å². The van der Waals surface area contributed by atoms with Crippen molar-refractivity contribution in [2.24, 2.45) is 0 Å². The molecule has 0 aliphatic rings. The zero-order valence-electron chi connectivity index (χ0n) is 10.5. The average molecular weight is 280 g/mol.